The van der Waals surface area contributed by atoms with E-state index in [0.717, 1.165) is 5.56 Å². The van der Waals surface area contributed by atoms with Gasteiger partial charge in [-0.25, -0.2) is 4.79 Å². The van der Waals surface area contributed by atoms with Crippen molar-refractivity contribution in [1.82, 2.24) is 0 Å². The minimum Gasteiger partial charge on any atom is -0.457 e. The Morgan fingerprint density at radius 1 is 1.05 bits per heavy atom. The first-order valence-electron chi connectivity index (χ1n) is 6.84. The minimum absolute atomic E-state index is 0. The van der Waals surface area contributed by atoms with Crippen LogP contribution in [0.3, 0.4) is 0 Å². The van der Waals surface area contributed by atoms with Gasteiger partial charge in [0.05, 0.1) is 5.56 Å². The second kappa shape index (κ2) is 8.95. The third-order valence-electron chi connectivity index (χ3n) is 2.66. The first-order valence-corrected chi connectivity index (χ1v) is 6.84. The van der Waals surface area contributed by atoms with E-state index < -0.39 is 13.1 Å². The summed E-state index contributed by atoms with van der Waals surface area (Å²) in [6.45, 7) is 4.21. The number of hydrogen-bond acceptors (Lipinski definition) is 4. The molecule has 0 saturated heterocycles. The van der Waals surface area contributed by atoms with Crippen LogP contribution in [0.4, 0.5) is 0 Å². The molecule has 2 aromatic carbocycles. The van der Waals surface area contributed by atoms with Gasteiger partial charge in [0.25, 0.3) is 0 Å². The van der Waals surface area contributed by atoms with Crippen LogP contribution in [0.15, 0.2) is 54.6 Å². The topological polar surface area (TPSA) is 66.8 Å². The lowest BCUT2D eigenvalue weighted by molar-refractivity contribution is 0.0472. The second-order valence-corrected chi connectivity index (χ2v) is 4.06. The fraction of sp³-hybridized carbons (Fsp3) is 0.188. The highest BCUT2D eigenvalue weighted by Gasteiger charge is 2.12. The summed E-state index contributed by atoms with van der Waals surface area (Å²) in [4.78, 5) is 11.8. The minimum atomic E-state index is -1.53. The van der Waals surface area contributed by atoms with E-state index >= 15 is 0 Å². The Kier molecular flexibility index (Phi) is 7.22. The van der Waals surface area contributed by atoms with Crippen molar-refractivity contribution < 1.29 is 22.4 Å². The highest BCUT2D eigenvalue weighted by molar-refractivity contribution is 6.58. The van der Waals surface area contributed by atoms with Crippen molar-refractivity contribution in [3.63, 3.8) is 0 Å². The molecule has 0 heterocycles. The monoisotopic (exact) mass is 290 g/mol. The number of benzene rings is 2. The van der Waals surface area contributed by atoms with Gasteiger partial charge in [0.15, 0.2) is 0 Å². The Morgan fingerprint density at radius 3 is 2.14 bits per heavy atom. The fourth-order valence-corrected chi connectivity index (χ4v) is 1.60. The van der Waals surface area contributed by atoms with Crippen molar-refractivity contribution in [2.75, 3.05) is 0 Å². The third kappa shape index (κ3) is 5.42. The maximum atomic E-state index is 11.8. The van der Waals surface area contributed by atoms with E-state index in [1.54, 1.807) is 0 Å². The summed E-state index contributed by atoms with van der Waals surface area (Å²) in [6.07, 6.45) is 0. The summed E-state index contributed by atoms with van der Waals surface area (Å²) >= 11 is 0. The van der Waals surface area contributed by atoms with Crippen molar-refractivity contribution in [3.8, 4) is 0 Å². The van der Waals surface area contributed by atoms with Crippen LogP contribution in [0.25, 0.3) is 0 Å². The van der Waals surface area contributed by atoms with Gasteiger partial charge in [0.2, 0.25) is 0 Å². The second-order valence-electron chi connectivity index (χ2n) is 4.06. The molecule has 0 aromatic heterocycles. The average molecular weight is 290 g/mol. The van der Waals surface area contributed by atoms with Crippen molar-refractivity contribution in [2.24, 2.45) is 0 Å². The molecular weight excluding hydrogens is 267 g/mol. The molecule has 4 nitrogen and oxygen atoms in total. The van der Waals surface area contributed by atoms with Crippen molar-refractivity contribution in [3.05, 3.63) is 65.7 Å². The van der Waals surface area contributed by atoms with Crippen LogP contribution in [0.5, 0.6) is 0 Å². The number of carbonyl (C=O) groups excluding carboxylic acids is 1. The van der Waals surface area contributed by atoms with Crippen LogP contribution in [0.1, 0.15) is 32.6 Å². The predicted molar refractivity (Wildman–Crippen MR) is 87.4 cm³/mol. The van der Waals surface area contributed by atoms with Crippen LogP contribution in [-0.2, 0) is 11.3 Å². The SMILES string of the molecule is CC.O=C(OCc1ccccc1)c1ccc(B(O)O)cc1.[HH].[HH]. The summed E-state index contributed by atoms with van der Waals surface area (Å²) in [6, 6.07) is 15.3. The van der Waals surface area contributed by atoms with Gasteiger partial charge < -0.3 is 14.8 Å². The van der Waals surface area contributed by atoms with E-state index in [2.05, 4.69) is 0 Å². The van der Waals surface area contributed by atoms with Gasteiger partial charge in [0.1, 0.15) is 6.61 Å². The lowest BCUT2D eigenvalue weighted by Gasteiger charge is -2.05. The van der Waals surface area contributed by atoms with E-state index in [0.29, 0.717) is 11.0 Å². The third-order valence-corrected chi connectivity index (χ3v) is 2.66. The molecule has 0 aliphatic rings. The van der Waals surface area contributed by atoms with E-state index in [1.807, 2.05) is 44.2 Å². The molecule has 0 spiro atoms. The first-order chi connectivity index (χ1) is 10.2. The van der Waals surface area contributed by atoms with Gasteiger partial charge in [-0.1, -0.05) is 56.3 Å². The number of ether oxygens (including phenoxy) is 1. The first kappa shape index (κ1) is 16.9. The fourth-order valence-electron chi connectivity index (χ4n) is 1.60. The van der Waals surface area contributed by atoms with Crippen molar-refractivity contribution >= 4 is 18.6 Å². The Hall–Kier alpha value is -2.11. The smallest absolute Gasteiger partial charge is 0.457 e. The largest absolute Gasteiger partial charge is 0.488 e. The quantitative estimate of drug-likeness (QED) is 0.669. The van der Waals surface area contributed by atoms with Gasteiger partial charge in [-0.05, 0) is 23.2 Å². The molecule has 5 heteroatoms. The molecule has 2 aromatic rings. The number of esters is 1. The molecular formula is C16H23BO4. The van der Waals surface area contributed by atoms with Crippen molar-refractivity contribution in [2.45, 2.75) is 20.5 Å². The van der Waals surface area contributed by atoms with Gasteiger partial charge >= 0.3 is 13.1 Å². The van der Waals surface area contributed by atoms with Crippen LogP contribution in [0.2, 0.25) is 0 Å². The molecule has 2 rings (SSSR count). The van der Waals surface area contributed by atoms with Crippen LogP contribution < -0.4 is 5.46 Å². The Bertz CT molecular complexity index is 548. The van der Waals surface area contributed by atoms with E-state index in [4.69, 9.17) is 14.8 Å². The Labute approximate surface area is 128 Å². The maximum Gasteiger partial charge on any atom is 0.488 e. The molecule has 0 fully saturated rings. The van der Waals surface area contributed by atoms with Gasteiger partial charge in [-0.15, -0.1) is 0 Å². The number of hydrogen-bond donors (Lipinski definition) is 2. The lowest BCUT2D eigenvalue weighted by atomic mass is 9.80. The molecule has 2 N–H and O–H groups in total. The molecule has 0 bridgehead atoms. The highest BCUT2D eigenvalue weighted by atomic mass is 16.5. The zero-order chi connectivity index (χ0) is 15.7. The maximum absolute atomic E-state index is 11.8. The van der Waals surface area contributed by atoms with Gasteiger partial charge in [-0.2, -0.15) is 0 Å². The zero-order valence-electron chi connectivity index (χ0n) is 12.2. The standard InChI is InChI=1S/C14H13BO4.C2H6.2H2/c16-14(19-10-11-4-2-1-3-5-11)12-6-8-13(9-7-12)15(17)18;1-2;;/h1-9,17-18H,10H2;1-2H3;2*1H. The molecule has 0 saturated carbocycles. The zero-order valence-corrected chi connectivity index (χ0v) is 12.2. The van der Waals surface area contributed by atoms with E-state index in [-0.39, 0.29) is 9.46 Å². The molecule has 21 heavy (non-hydrogen) atoms. The molecule has 0 radical (unpaired) electrons. The summed E-state index contributed by atoms with van der Waals surface area (Å²) < 4.78 is 5.15. The van der Waals surface area contributed by atoms with Crippen LogP contribution in [-0.4, -0.2) is 23.1 Å². The van der Waals surface area contributed by atoms with Crippen molar-refractivity contribution in [1.29, 1.82) is 0 Å². The summed E-state index contributed by atoms with van der Waals surface area (Å²) in [5, 5.41) is 17.9. The Morgan fingerprint density at radius 2 is 1.62 bits per heavy atom. The molecule has 0 unspecified atom stereocenters. The van der Waals surface area contributed by atoms with E-state index in [1.165, 1.54) is 24.3 Å². The summed E-state index contributed by atoms with van der Waals surface area (Å²) in [7, 11) is -1.53. The Balaban J connectivity index is 0. The molecule has 0 amide bonds. The number of rotatable bonds is 4. The predicted octanol–water partition coefficient (Wildman–Crippen LogP) is 2.24. The molecule has 0 aliphatic carbocycles. The van der Waals surface area contributed by atoms with Gasteiger partial charge in [0, 0.05) is 2.85 Å². The molecule has 0 aliphatic heterocycles. The summed E-state index contributed by atoms with van der Waals surface area (Å²) in [5.74, 6) is -0.442. The van der Waals surface area contributed by atoms with E-state index in [9.17, 15) is 4.79 Å². The molecule has 0 atom stereocenters. The van der Waals surface area contributed by atoms with Crippen LogP contribution in [0, 0.1) is 0 Å². The number of carbonyl (C=O) groups is 1. The summed E-state index contributed by atoms with van der Waals surface area (Å²) in [5.41, 5.74) is 1.62. The van der Waals surface area contributed by atoms with Gasteiger partial charge in [-0.3, -0.25) is 0 Å². The highest BCUT2D eigenvalue weighted by Crippen LogP contribution is 2.05. The normalized spacial score (nSPS) is 9.33. The molecule has 114 valence electrons. The average Bonchev–Trinajstić information content (AvgIpc) is 2.55. The lowest BCUT2D eigenvalue weighted by Crippen LogP contribution is -2.29. The van der Waals surface area contributed by atoms with Crippen LogP contribution >= 0.6 is 0 Å².